The van der Waals surface area contributed by atoms with Crippen molar-refractivity contribution in [3.05, 3.63) is 29.8 Å². The zero-order chi connectivity index (χ0) is 16.2. The van der Waals surface area contributed by atoms with Crippen LogP contribution in [0.5, 0.6) is 0 Å². The highest BCUT2D eigenvalue weighted by atomic mass is 16.5. The van der Waals surface area contributed by atoms with Crippen LogP contribution in [-0.2, 0) is 14.3 Å². The molecule has 0 aromatic heterocycles. The van der Waals surface area contributed by atoms with Gasteiger partial charge in [-0.15, -0.1) is 0 Å². The van der Waals surface area contributed by atoms with Crippen molar-refractivity contribution in [1.82, 2.24) is 4.90 Å². The van der Waals surface area contributed by atoms with Gasteiger partial charge in [-0.25, -0.2) is 0 Å². The number of carbonyl (C=O) groups excluding carboxylic acids is 2. The molecule has 0 N–H and O–H groups in total. The summed E-state index contributed by atoms with van der Waals surface area (Å²) in [7, 11) is 0. The number of likely N-dealkylation sites (tertiary alicyclic amines) is 1. The first-order valence-electron chi connectivity index (χ1n) is 8.45. The Bertz CT molecular complexity index is 587. The number of carbonyl (C=O) groups is 2. The van der Waals surface area contributed by atoms with Crippen LogP contribution in [0, 0.1) is 0 Å². The van der Waals surface area contributed by atoms with E-state index in [9.17, 15) is 9.59 Å². The Morgan fingerprint density at radius 3 is 2.91 bits per heavy atom. The van der Waals surface area contributed by atoms with Crippen molar-refractivity contribution in [3.63, 3.8) is 0 Å². The first-order chi connectivity index (χ1) is 11.2. The third kappa shape index (κ3) is 3.39. The van der Waals surface area contributed by atoms with E-state index in [0.29, 0.717) is 25.5 Å². The minimum Gasteiger partial charge on any atom is -0.372 e. The molecule has 1 aromatic carbocycles. The summed E-state index contributed by atoms with van der Waals surface area (Å²) in [6, 6.07) is 8.08. The minimum absolute atomic E-state index is 0.0130. The first-order valence-corrected chi connectivity index (χ1v) is 8.45. The van der Waals surface area contributed by atoms with E-state index in [-0.39, 0.29) is 18.4 Å². The predicted octanol–water partition coefficient (Wildman–Crippen LogP) is 2.17. The van der Waals surface area contributed by atoms with Crippen molar-refractivity contribution in [2.24, 2.45) is 0 Å². The molecule has 0 spiro atoms. The number of rotatable bonds is 6. The van der Waals surface area contributed by atoms with Crippen LogP contribution in [0.2, 0.25) is 0 Å². The van der Waals surface area contributed by atoms with Gasteiger partial charge in [0.2, 0.25) is 5.91 Å². The quantitative estimate of drug-likeness (QED) is 0.808. The number of anilines is 1. The molecule has 5 heteroatoms. The molecule has 2 aliphatic rings. The molecule has 2 amide bonds. The number of amides is 2. The molecule has 0 unspecified atom stereocenters. The van der Waals surface area contributed by atoms with Crippen LogP contribution in [0.1, 0.15) is 37.7 Å². The van der Waals surface area contributed by atoms with E-state index < -0.39 is 0 Å². The van der Waals surface area contributed by atoms with Crippen LogP contribution >= 0.6 is 0 Å². The van der Waals surface area contributed by atoms with Gasteiger partial charge < -0.3 is 14.5 Å². The molecule has 23 heavy (non-hydrogen) atoms. The second-order valence-electron chi connectivity index (χ2n) is 6.17. The Balaban J connectivity index is 1.68. The molecule has 3 rings (SSSR count). The fourth-order valence-corrected chi connectivity index (χ4v) is 3.50. The first kappa shape index (κ1) is 16.0. The molecule has 5 nitrogen and oxygen atoms in total. The Morgan fingerprint density at radius 1 is 1.35 bits per heavy atom. The normalized spacial score (nSPS) is 20.2. The van der Waals surface area contributed by atoms with Crippen molar-refractivity contribution in [2.75, 3.05) is 37.7 Å². The van der Waals surface area contributed by atoms with Crippen LogP contribution in [0.15, 0.2) is 24.3 Å². The Labute approximate surface area is 137 Å². The summed E-state index contributed by atoms with van der Waals surface area (Å²) in [5, 5.41) is 0. The lowest BCUT2D eigenvalue weighted by Crippen LogP contribution is -2.34. The third-order valence-electron chi connectivity index (χ3n) is 4.72. The number of para-hydroxylation sites is 1. The highest BCUT2D eigenvalue weighted by Crippen LogP contribution is 2.38. The average molecular weight is 316 g/mol. The maximum Gasteiger partial charge on any atom is 0.252 e. The van der Waals surface area contributed by atoms with Crippen LogP contribution in [0.3, 0.4) is 0 Å². The molecule has 0 aliphatic carbocycles. The van der Waals surface area contributed by atoms with Crippen LogP contribution in [0.4, 0.5) is 5.69 Å². The Morgan fingerprint density at radius 2 is 2.17 bits per heavy atom. The van der Waals surface area contributed by atoms with Crippen molar-refractivity contribution in [3.8, 4) is 0 Å². The summed E-state index contributed by atoms with van der Waals surface area (Å²) in [5.41, 5.74) is 2.21. The largest absolute Gasteiger partial charge is 0.372 e. The minimum atomic E-state index is 0.0130. The smallest absolute Gasteiger partial charge is 0.252 e. The van der Waals surface area contributed by atoms with Gasteiger partial charge in [-0.2, -0.15) is 0 Å². The average Bonchev–Trinajstić information content (AvgIpc) is 3.14. The van der Waals surface area contributed by atoms with Crippen LogP contribution < -0.4 is 4.90 Å². The summed E-state index contributed by atoms with van der Waals surface area (Å²) >= 11 is 0. The molecule has 1 atom stereocenters. The zero-order valence-electron chi connectivity index (χ0n) is 13.7. The highest BCUT2D eigenvalue weighted by molar-refractivity contribution is 5.96. The number of hydrogen-bond donors (Lipinski definition) is 0. The van der Waals surface area contributed by atoms with Gasteiger partial charge in [-0.05, 0) is 31.4 Å². The number of ether oxygens (including phenoxy) is 1. The fourth-order valence-electron chi connectivity index (χ4n) is 3.50. The summed E-state index contributed by atoms with van der Waals surface area (Å²) in [6.45, 7) is 4.91. The lowest BCUT2D eigenvalue weighted by Gasteiger charge is -2.20. The maximum atomic E-state index is 12.4. The monoisotopic (exact) mass is 316 g/mol. The molecule has 2 heterocycles. The Hall–Kier alpha value is -1.88. The third-order valence-corrected chi connectivity index (χ3v) is 4.72. The topological polar surface area (TPSA) is 49.9 Å². The van der Waals surface area contributed by atoms with E-state index >= 15 is 0 Å². The van der Waals surface area contributed by atoms with Gasteiger partial charge in [-0.3, -0.25) is 9.59 Å². The van der Waals surface area contributed by atoms with E-state index in [1.165, 1.54) is 5.56 Å². The van der Waals surface area contributed by atoms with Gasteiger partial charge in [0.15, 0.2) is 0 Å². The molecule has 1 saturated heterocycles. The van der Waals surface area contributed by atoms with Gasteiger partial charge in [0.05, 0.1) is 0 Å². The molecule has 124 valence electrons. The predicted molar refractivity (Wildman–Crippen MR) is 88.5 cm³/mol. The van der Waals surface area contributed by atoms with E-state index in [1.807, 2.05) is 34.9 Å². The SMILES string of the molecule is CCOCC(=O)N1C[C@H](CCN2CCCC2=O)c2ccccc21. The van der Waals surface area contributed by atoms with Crippen molar-refractivity contribution in [2.45, 2.75) is 32.1 Å². The second kappa shape index (κ2) is 7.13. The molecule has 0 radical (unpaired) electrons. The maximum absolute atomic E-state index is 12.4. The number of benzene rings is 1. The van der Waals surface area contributed by atoms with Gasteiger partial charge >= 0.3 is 0 Å². The summed E-state index contributed by atoms with van der Waals surface area (Å²) in [6.07, 6.45) is 2.56. The molecule has 1 aromatic rings. The van der Waals surface area contributed by atoms with Crippen molar-refractivity contribution < 1.29 is 14.3 Å². The van der Waals surface area contributed by atoms with Gasteiger partial charge in [-0.1, -0.05) is 18.2 Å². The molecular formula is C18H24N2O3. The standard InChI is InChI=1S/C18H24N2O3/c1-2-23-13-18(22)20-12-14(15-6-3-4-7-16(15)20)9-11-19-10-5-8-17(19)21/h3-4,6-7,14H,2,5,8-13H2,1H3/t14-/m0/s1. The van der Waals surface area contributed by atoms with E-state index in [4.69, 9.17) is 4.74 Å². The van der Waals surface area contributed by atoms with Crippen LogP contribution in [0.25, 0.3) is 0 Å². The summed E-state index contributed by atoms with van der Waals surface area (Å²) < 4.78 is 5.27. The lowest BCUT2D eigenvalue weighted by molar-refractivity contribution is -0.127. The van der Waals surface area contributed by atoms with Gasteiger partial charge in [0.1, 0.15) is 6.61 Å². The van der Waals surface area contributed by atoms with Gasteiger partial charge in [0.25, 0.3) is 5.91 Å². The highest BCUT2D eigenvalue weighted by Gasteiger charge is 2.32. The van der Waals surface area contributed by atoms with E-state index in [2.05, 4.69) is 6.07 Å². The van der Waals surface area contributed by atoms with E-state index in [0.717, 1.165) is 31.6 Å². The van der Waals surface area contributed by atoms with Crippen molar-refractivity contribution in [1.29, 1.82) is 0 Å². The zero-order valence-corrected chi connectivity index (χ0v) is 13.7. The second-order valence-corrected chi connectivity index (χ2v) is 6.17. The van der Waals surface area contributed by atoms with Gasteiger partial charge in [0, 0.05) is 44.3 Å². The summed E-state index contributed by atoms with van der Waals surface area (Å²) in [5.74, 6) is 0.574. The lowest BCUT2D eigenvalue weighted by atomic mass is 9.98. The number of hydrogen-bond acceptors (Lipinski definition) is 3. The number of fused-ring (bicyclic) bond motifs is 1. The molecular weight excluding hydrogens is 292 g/mol. The van der Waals surface area contributed by atoms with Crippen molar-refractivity contribution >= 4 is 17.5 Å². The number of nitrogens with zero attached hydrogens (tertiary/aromatic N) is 2. The molecule has 2 aliphatic heterocycles. The van der Waals surface area contributed by atoms with Crippen LogP contribution in [-0.4, -0.2) is 49.6 Å². The summed E-state index contributed by atoms with van der Waals surface area (Å²) in [4.78, 5) is 27.9. The molecule has 0 bridgehead atoms. The molecule has 1 fully saturated rings. The fraction of sp³-hybridized carbons (Fsp3) is 0.556. The Kier molecular flexibility index (Phi) is 4.96. The van der Waals surface area contributed by atoms with E-state index in [1.54, 1.807) is 0 Å². The molecule has 0 saturated carbocycles.